The second kappa shape index (κ2) is 8.97. The number of aliphatic hydroxyl groups excluding tert-OH is 1. The minimum atomic E-state index is -1.31. The summed E-state index contributed by atoms with van der Waals surface area (Å²) in [6, 6.07) is 0. The van der Waals surface area contributed by atoms with E-state index >= 15 is 0 Å². The molecule has 0 radical (unpaired) electrons. The van der Waals surface area contributed by atoms with Crippen LogP contribution < -0.4 is 0 Å². The standard InChI is InChI=1S/C30H48O5/c1-18(7-11-25(32)28(4,5)35)21-14-16-30(26(33)34)23-10-9-22-19(8-12-24(31)27(22,2)3)17-20(23)13-15-29(21,30)6/h18,20-21,23-24,31,35H,7-17H2,1-6H3,(H,33,34)/t18-,20-,21-,23-,24-,29-,30+/m1/s1. The Morgan fingerprint density at radius 1 is 1.06 bits per heavy atom. The molecule has 4 rings (SSSR count). The van der Waals surface area contributed by atoms with Crippen LogP contribution in [0.5, 0.6) is 0 Å². The Balaban J connectivity index is 1.60. The fraction of sp³-hybridized carbons (Fsp3) is 0.867. The van der Waals surface area contributed by atoms with Crippen LogP contribution in [0, 0.1) is 39.9 Å². The maximum atomic E-state index is 13.2. The molecule has 0 amide bonds. The number of carbonyl (C=O) groups excluding carboxylic acids is 1. The number of hydrogen-bond donors (Lipinski definition) is 3. The van der Waals surface area contributed by atoms with Crippen molar-refractivity contribution < 1.29 is 24.9 Å². The van der Waals surface area contributed by atoms with Crippen LogP contribution in [0.2, 0.25) is 0 Å². The van der Waals surface area contributed by atoms with E-state index in [1.165, 1.54) is 11.1 Å². The van der Waals surface area contributed by atoms with Crippen LogP contribution in [0.15, 0.2) is 11.1 Å². The van der Waals surface area contributed by atoms with Crippen LogP contribution in [-0.4, -0.2) is 38.8 Å². The average molecular weight is 489 g/mol. The van der Waals surface area contributed by atoms with E-state index in [2.05, 4.69) is 27.7 Å². The van der Waals surface area contributed by atoms with Crippen molar-refractivity contribution in [3.8, 4) is 0 Å². The van der Waals surface area contributed by atoms with Crippen LogP contribution >= 0.6 is 0 Å². The third-order valence-corrected chi connectivity index (χ3v) is 11.5. The summed E-state index contributed by atoms with van der Waals surface area (Å²) < 4.78 is 0. The molecule has 0 aliphatic heterocycles. The van der Waals surface area contributed by atoms with Crippen LogP contribution in [0.3, 0.4) is 0 Å². The van der Waals surface area contributed by atoms with Gasteiger partial charge in [0, 0.05) is 11.8 Å². The molecular weight excluding hydrogens is 440 g/mol. The van der Waals surface area contributed by atoms with Crippen molar-refractivity contribution in [3.63, 3.8) is 0 Å². The van der Waals surface area contributed by atoms with Gasteiger partial charge in [0.2, 0.25) is 0 Å². The average Bonchev–Trinajstić information content (AvgIpc) is 2.95. The molecule has 2 fully saturated rings. The third-order valence-electron chi connectivity index (χ3n) is 11.5. The van der Waals surface area contributed by atoms with Gasteiger partial charge in [-0.2, -0.15) is 0 Å². The van der Waals surface area contributed by atoms with Gasteiger partial charge < -0.3 is 15.3 Å². The van der Waals surface area contributed by atoms with Crippen molar-refractivity contribution in [3.05, 3.63) is 11.1 Å². The lowest BCUT2D eigenvalue weighted by atomic mass is 9.47. The molecule has 0 spiro atoms. The number of carboxylic acids is 1. The maximum Gasteiger partial charge on any atom is 0.310 e. The fourth-order valence-corrected chi connectivity index (χ4v) is 9.26. The summed E-state index contributed by atoms with van der Waals surface area (Å²) in [5.74, 6) is 0.339. The van der Waals surface area contributed by atoms with E-state index in [-0.39, 0.29) is 40.5 Å². The molecule has 4 aliphatic carbocycles. The minimum absolute atomic E-state index is 0.133. The summed E-state index contributed by atoms with van der Waals surface area (Å²) in [4.78, 5) is 25.6. The highest BCUT2D eigenvalue weighted by atomic mass is 16.4. The fourth-order valence-electron chi connectivity index (χ4n) is 9.26. The molecule has 0 saturated heterocycles. The first-order valence-electron chi connectivity index (χ1n) is 14.0. The number of aliphatic hydroxyl groups is 2. The van der Waals surface area contributed by atoms with Gasteiger partial charge in [-0.1, -0.05) is 38.8 Å². The number of carboxylic acid groups (broad SMARTS) is 1. The highest BCUT2D eigenvalue weighted by Gasteiger charge is 2.68. The zero-order chi connectivity index (χ0) is 26.0. The quantitative estimate of drug-likeness (QED) is 0.404. The Kier molecular flexibility index (Phi) is 6.88. The van der Waals surface area contributed by atoms with Gasteiger partial charge in [0.1, 0.15) is 5.60 Å². The summed E-state index contributed by atoms with van der Waals surface area (Å²) >= 11 is 0. The Morgan fingerprint density at radius 2 is 1.74 bits per heavy atom. The number of aliphatic carboxylic acids is 1. The first-order chi connectivity index (χ1) is 16.2. The molecular formula is C30H48O5. The number of fused-ring (bicyclic) bond motifs is 3. The van der Waals surface area contributed by atoms with E-state index in [0.717, 1.165) is 57.8 Å². The highest BCUT2D eigenvalue weighted by Crippen LogP contribution is 2.70. The molecule has 35 heavy (non-hydrogen) atoms. The third kappa shape index (κ3) is 4.13. The molecule has 198 valence electrons. The molecule has 0 unspecified atom stereocenters. The number of Topliss-reactive ketones (excluding diaryl/α,β-unsaturated/α-hetero) is 1. The highest BCUT2D eigenvalue weighted by molar-refractivity contribution is 5.86. The lowest BCUT2D eigenvalue weighted by Crippen LogP contribution is -2.55. The summed E-state index contributed by atoms with van der Waals surface area (Å²) in [6.45, 7) is 11.9. The van der Waals surface area contributed by atoms with Crippen molar-refractivity contribution in [2.45, 2.75) is 124 Å². The van der Waals surface area contributed by atoms with Gasteiger partial charge in [-0.25, -0.2) is 0 Å². The Bertz CT molecular complexity index is 895. The Hall–Kier alpha value is -1.20. The lowest BCUT2D eigenvalue weighted by molar-refractivity contribution is -0.175. The number of ketones is 1. The minimum Gasteiger partial charge on any atom is -0.481 e. The normalized spacial score (nSPS) is 39.8. The zero-order valence-corrected chi connectivity index (χ0v) is 22.8. The monoisotopic (exact) mass is 488 g/mol. The summed E-state index contributed by atoms with van der Waals surface area (Å²) in [7, 11) is 0. The number of rotatable bonds is 6. The van der Waals surface area contributed by atoms with Crippen molar-refractivity contribution in [1.82, 2.24) is 0 Å². The van der Waals surface area contributed by atoms with Gasteiger partial charge in [0.25, 0.3) is 0 Å². The number of allylic oxidation sites excluding steroid dienone is 1. The zero-order valence-electron chi connectivity index (χ0n) is 22.8. The van der Waals surface area contributed by atoms with Crippen molar-refractivity contribution >= 4 is 11.8 Å². The van der Waals surface area contributed by atoms with Gasteiger partial charge in [-0.15, -0.1) is 0 Å². The van der Waals surface area contributed by atoms with Crippen molar-refractivity contribution in [2.75, 3.05) is 0 Å². The van der Waals surface area contributed by atoms with E-state index in [4.69, 9.17) is 0 Å². The summed E-state index contributed by atoms with van der Waals surface area (Å²) in [6.07, 6.45) is 8.95. The smallest absolute Gasteiger partial charge is 0.310 e. The summed E-state index contributed by atoms with van der Waals surface area (Å²) in [5.41, 5.74) is 0.381. The van der Waals surface area contributed by atoms with Gasteiger partial charge >= 0.3 is 5.97 Å². The second-order valence-corrected chi connectivity index (χ2v) is 13.8. The van der Waals surface area contributed by atoms with E-state index in [1.54, 1.807) is 13.8 Å². The number of carbonyl (C=O) groups is 2. The molecule has 0 aromatic heterocycles. The first kappa shape index (κ1) is 26.9. The van der Waals surface area contributed by atoms with Crippen LogP contribution in [0.25, 0.3) is 0 Å². The largest absolute Gasteiger partial charge is 0.481 e. The Morgan fingerprint density at radius 3 is 2.37 bits per heavy atom. The predicted octanol–water partition coefficient (Wildman–Crippen LogP) is 5.92. The van der Waals surface area contributed by atoms with Gasteiger partial charge in [-0.3, -0.25) is 9.59 Å². The van der Waals surface area contributed by atoms with Crippen LogP contribution in [0.1, 0.15) is 112 Å². The molecule has 0 bridgehead atoms. The van der Waals surface area contributed by atoms with Crippen LogP contribution in [0.4, 0.5) is 0 Å². The predicted molar refractivity (Wildman–Crippen MR) is 137 cm³/mol. The molecule has 0 aromatic carbocycles. The molecule has 3 N–H and O–H groups in total. The lowest BCUT2D eigenvalue weighted by Gasteiger charge is -2.55. The van der Waals surface area contributed by atoms with Gasteiger partial charge in [0.05, 0.1) is 11.5 Å². The topological polar surface area (TPSA) is 94.8 Å². The van der Waals surface area contributed by atoms with Gasteiger partial charge in [0.15, 0.2) is 5.78 Å². The maximum absolute atomic E-state index is 13.2. The SMILES string of the molecule is C[C@H](CCC(=O)C(C)(C)O)[C@H]1CC[C@@]2(C(=O)O)[C@@H]3CCC4=C(CC[C@@H](O)C4(C)C)C[C@H]3CC[C@]12C. The number of hydrogen-bond acceptors (Lipinski definition) is 4. The van der Waals surface area contributed by atoms with Crippen LogP contribution in [-0.2, 0) is 9.59 Å². The van der Waals surface area contributed by atoms with Crippen molar-refractivity contribution in [2.24, 2.45) is 39.9 Å². The van der Waals surface area contributed by atoms with E-state index < -0.39 is 17.0 Å². The first-order valence-corrected chi connectivity index (χ1v) is 14.0. The molecule has 5 heteroatoms. The molecule has 0 heterocycles. The molecule has 7 atom stereocenters. The molecule has 5 nitrogen and oxygen atoms in total. The van der Waals surface area contributed by atoms with E-state index in [9.17, 15) is 24.9 Å². The summed E-state index contributed by atoms with van der Waals surface area (Å²) in [5, 5.41) is 31.7. The molecule has 0 aromatic rings. The molecule has 2 saturated carbocycles. The van der Waals surface area contributed by atoms with E-state index in [0.29, 0.717) is 18.8 Å². The van der Waals surface area contributed by atoms with Gasteiger partial charge in [-0.05, 0) is 107 Å². The second-order valence-electron chi connectivity index (χ2n) is 13.8. The van der Waals surface area contributed by atoms with Crippen molar-refractivity contribution in [1.29, 1.82) is 0 Å². The van der Waals surface area contributed by atoms with E-state index in [1.807, 2.05) is 0 Å². The molecule has 4 aliphatic rings. The Labute approximate surface area is 211 Å².